The standard InChI is InChI=1S/C13H19N5O2S.ClH/c1-8-11-5-10(6-15-13(11)18(2)17-8)21(19,20)16-7-12(14)9-3-4-9;/h5-6,9,12,16H,3-4,7,14H2,1-2H3;1H. The zero-order valence-corrected chi connectivity index (χ0v) is 14.1. The molecule has 0 amide bonds. The largest absolute Gasteiger partial charge is 0.326 e. The highest BCUT2D eigenvalue weighted by molar-refractivity contribution is 7.89. The van der Waals surface area contributed by atoms with Gasteiger partial charge in [-0.05, 0) is 31.7 Å². The first-order valence-electron chi connectivity index (χ1n) is 6.93. The summed E-state index contributed by atoms with van der Waals surface area (Å²) in [7, 11) is -1.81. The van der Waals surface area contributed by atoms with Crippen LogP contribution >= 0.6 is 12.4 Å². The third-order valence-corrected chi connectivity index (χ3v) is 5.28. The van der Waals surface area contributed by atoms with E-state index in [0.717, 1.165) is 23.9 Å². The van der Waals surface area contributed by atoms with Gasteiger partial charge in [0.15, 0.2) is 5.65 Å². The van der Waals surface area contributed by atoms with Gasteiger partial charge in [-0.25, -0.2) is 18.1 Å². The van der Waals surface area contributed by atoms with E-state index in [1.165, 1.54) is 6.20 Å². The normalized spacial score (nSPS) is 16.5. The van der Waals surface area contributed by atoms with Crippen LogP contribution in [0.2, 0.25) is 0 Å². The number of nitrogens with one attached hydrogen (secondary N) is 1. The first-order chi connectivity index (χ1) is 9.88. The van der Waals surface area contributed by atoms with Crippen molar-refractivity contribution < 1.29 is 8.42 Å². The first-order valence-corrected chi connectivity index (χ1v) is 8.41. The highest BCUT2D eigenvalue weighted by Gasteiger charge is 2.29. The molecule has 22 heavy (non-hydrogen) atoms. The first kappa shape index (κ1) is 17.1. The van der Waals surface area contributed by atoms with Gasteiger partial charge in [-0.2, -0.15) is 5.10 Å². The van der Waals surface area contributed by atoms with E-state index in [0.29, 0.717) is 11.6 Å². The molecule has 1 aliphatic rings. The van der Waals surface area contributed by atoms with Crippen LogP contribution in [0, 0.1) is 12.8 Å². The number of aromatic nitrogens is 3. The predicted molar refractivity (Wildman–Crippen MR) is 86.4 cm³/mol. The van der Waals surface area contributed by atoms with Crippen LogP contribution in [-0.4, -0.2) is 35.8 Å². The molecule has 1 unspecified atom stereocenters. The molecule has 2 aromatic heterocycles. The van der Waals surface area contributed by atoms with E-state index in [1.807, 2.05) is 6.92 Å². The van der Waals surface area contributed by atoms with Gasteiger partial charge in [0.25, 0.3) is 0 Å². The fourth-order valence-corrected chi connectivity index (χ4v) is 3.46. The molecule has 7 nitrogen and oxygen atoms in total. The lowest BCUT2D eigenvalue weighted by Gasteiger charge is -2.12. The number of aryl methyl sites for hydroxylation is 2. The predicted octanol–water partition coefficient (Wildman–Crippen LogP) is 0.714. The second kappa shape index (κ2) is 6.11. The SMILES string of the molecule is Cc1nn(C)c2ncc(S(=O)(=O)NCC(N)C3CC3)cc12.Cl. The van der Waals surface area contributed by atoms with Crippen LogP contribution in [-0.2, 0) is 17.1 Å². The van der Waals surface area contributed by atoms with Gasteiger partial charge >= 0.3 is 0 Å². The van der Waals surface area contributed by atoms with Crippen molar-refractivity contribution in [3.05, 3.63) is 18.0 Å². The molecule has 1 saturated carbocycles. The molecular weight excluding hydrogens is 326 g/mol. The molecule has 9 heteroatoms. The summed E-state index contributed by atoms with van der Waals surface area (Å²) in [5.74, 6) is 0.453. The topological polar surface area (TPSA) is 103 Å². The number of halogens is 1. The highest BCUT2D eigenvalue weighted by atomic mass is 35.5. The molecule has 0 aromatic carbocycles. The quantitative estimate of drug-likeness (QED) is 0.830. The van der Waals surface area contributed by atoms with Gasteiger partial charge < -0.3 is 5.73 Å². The molecule has 0 saturated heterocycles. The van der Waals surface area contributed by atoms with Crippen LogP contribution in [0.1, 0.15) is 18.5 Å². The van der Waals surface area contributed by atoms with Crippen molar-refractivity contribution in [1.29, 1.82) is 0 Å². The Hall–Kier alpha value is -1.22. The minimum Gasteiger partial charge on any atom is -0.326 e. The maximum atomic E-state index is 12.3. The Morgan fingerprint density at radius 3 is 2.82 bits per heavy atom. The van der Waals surface area contributed by atoms with Crippen molar-refractivity contribution in [3.8, 4) is 0 Å². The Morgan fingerprint density at radius 2 is 2.18 bits per heavy atom. The zero-order valence-electron chi connectivity index (χ0n) is 12.5. The minimum atomic E-state index is -3.59. The van der Waals surface area contributed by atoms with Gasteiger partial charge in [-0.3, -0.25) is 4.68 Å². The van der Waals surface area contributed by atoms with Gasteiger partial charge in [0.05, 0.1) is 5.69 Å². The number of fused-ring (bicyclic) bond motifs is 1. The van der Waals surface area contributed by atoms with E-state index in [2.05, 4.69) is 14.8 Å². The summed E-state index contributed by atoms with van der Waals surface area (Å²) in [4.78, 5) is 4.34. The summed E-state index contributed by atoms with van der Waals surface area (Å²) in [5.41, 5.74) is 7.35. The molecule has 122 valence electrons. The number of sulfonamides is 1. The van der Waals surface area contributed by atoms with Crippen LogP contribution in [0.3, 0.4) is 0 Å². The summed E-state index contributed by atoms with van der Waals surface area (Å²) < 4.78 is 28.8. The van der Waals surface area contributed by atoms with Crippen molar-refractivity contribution >= 4 is 33.5 Å². The lowest BCUT2D eigenvalue weighted by atomic mass is 10.2. The van der Waals surface area contributed by atoms with Gasteiger partial charge in [-0.1, -0.05) is 0 Å². The van der Waals surface area contributed by atoms with E-state index in [-0.39, 0.29) is 29.9 Å². The lowest BCUT2D eigenvalue weighted by Crippen LogP contribution is -2.38. The van der Waals surface area contributed by atoms with E-state index in [9.17, 15) is 8.42 Å². The van der Waals surface area contributed by atoms with Crippen molar-refractivity contribution in [2.45, 2.75) is 30.7 Å². The van der Waals surface area contributed by atoms with Crippen molar-refractivity contribution in [1.82, 2.24) is 19.5 Å². The van der Waals surface area contributed by atoms with Gasteiger partial charge in [0.1, 0.15) is 4.90 Å². The maximum absolute atomic E-state index is 12.3. The third kappa shape index (κ3) is 3.24. The van der Waals surface area contributed by atoms with Crippen LogP contribution < -0.4 is 10.5 Å². The summed E-state index contributed by atoms with van der Waals surface area (Å²) in [5, 5.41) is 4.98. The Kier molecular flexibility index (Phi) is 4.76. The smallest absolute Gasteiger partial charge is 0.242 e. The second-order valence-electron chi connectivity index (χ2n) is 5.60. The molecule has 0 spiro atoms. The fourth-order valence-electron chi connectivity index (χ4n) is 2.42. The van der Waals surface area contributed by atoms with Crippen molar-refractivity contribution in [3.63, 3.8) is 0 Å². The molecule has 1 fully saturated rings. The number of hydrogen-bond donors (Lipinski definition) is 2. The number of rotatable bonds is 5. The summed E-state index contributed by atoms with van der Waals surface area (Å²) in [6.07, 6.45) is 3.53. The number of pyridine rings is 1. The lowest BCUT2D eigenvalue weighted by molar-refractivity contribution is 0.547. The summed E-state index contributed by atoms with van der Waals surface area (Å²) >= 11 is 0. The molecule has 3 N–H and O–H groups in total. The van der Waals surface area contributed by atoms with Crippen LogP contribution in [0.5, 0.6) is 0 Å². The molecule has 1 aliphatic carbocycles. The summed E-state index contributed by atoms with van der Waals surface area (Å²) in [6, 6.07) is 1.49. The van der Waals surface area contributed by atoms with E-state index >= 15 is 0 Å². The Labute approximate surface area is 135 Å². The molecule has 3 rings (SSSR count). The van der Waals surface area contributed by atoms with Crippen molar-refractivity contribution in [2.75, 3.05) is 6.54 Å². The number of nitrogens with two attached hydrogens (primary N) is 1. The second-order valence-corrected chi connectivity index (χ2v) is 7.37. The minimum absolute atomic E-state index is 0. The van der Waals surface area contributed by atoms with Crippen LogP contribution in [0.4, 0.5) is 0 Å². The molecule has 0 aliphatic heterocycles. The Morgan fingerprint density at radius 1 is 1.50 bits per heavy atom. The average molecular weight is 346 g/mol. The third-order valence-electron chi connectivity index (χ3n) is 3.88. The average Bonchev–Trinajstić information content (AvgIpc) is 3.24. The molecule has 0 bridgehead atoms. The molecule has 2 heterocycles. The Balaban J connectivity index is 0.00000176. The number of nitrogens with zero attached hydrogens (tertiary/aromatic N) is 3. The highest BCUT2D eigenvalue weighted by Crippen LogP contribution is 2.31. The van der Waals surface area contributed by atoms with Crippen LogP contribution in [0.25, 0.3) is 11.0 Å². The van der Waals surface area contributed by atoms with Crippen LogP contribution in [0.15, 0.2) is 17.2 Å². The molecule has 2 aromatic rings. The maximum Gasteiger partial charge on any atom is 0.242 e. The zero-order chi connectivity index (χ0) is 15.2. The van der Waals surface area contributed by atoms with E-state index in [4.69, 9.17) is 5.73 Å². The van der Waals surface area contributed by atoms with E-state index < -0.39 is 10.0 Å². The molecule has 1 atom stereocenters. The van der Waals surface area contributed by atoms with Gasteiger partial charge in [0, 0.05) is 31.2 Å². The summed E-state index contributed by atoms with van der Waals surface area (Å²) in [6.45, 7) is 2.09. The fraction of sp³-hybridized carbons (Fsp3) is 0.538. The Bertz CT molecular complexity index is 785. The number of hydrogen-bond acceptors (Lipinski definition) is 5. The van der Waals surface area contributed by atoms with E-state index in [1.54, 1.807) is 17.8 Å². The van der Waals surface area contributed by atoms with Gasteiger partial charge in [-0.15, -0.1) is 12.4 Å². The van der Waals surface area contributed by atoms with Crippen molar-refractivity contribution in [2.24, 2.45) is 18.7 Å². The molecule has 0 radical (unpaired) electrons. The molecular formula is C13H20ClN5O2S. The van der Waals surface area contributed by atoms with Gasteiger partial charge in [0.2, 0.25) is 10.0 Å². The monoisotopic (exact) mass is 345 g/mol.